The van der Waals surface area contributed by atoms with E-state index >= 15 is 0 Å². The zero-order valence-corrected chi connectivity index (χ0v) is 16.3. The van der Waals surface area contributed by atoms with Crippen LogP contribution in [0.2, 0.25) is 5.15 Å². The maximum absolute atomic E-state index is 13.4. The minimum atomic E-state index is -4.70. The Hall–Kier alpha value is -2.66. The van der Waals surface area contributed by atoms with E-state index in [4.69, 9.17) is 11.6 Å². The fourth-order valence-corrected chi connectivity index (χ4v) is 2.99. The van der Waals surface area contributed by atoms with Crippen LogP contribution < -0.4 is 10.0 Å². The van der Waals surface area contributed by atoms with Gasteiger partial charge < -0.3 is 5.32 Å². The number of nitrogens with one attached hydrogen (secondary N) is 2. The van der Waals surface area contributed by atoms with Crippen LogP contribution in [0.5, 0.6) is 0 Å². The fraction of sp³-hybridized carbons (Fsp3) is 0.176. The lowest BCUT2D eigenvalue weighted by atomic mass is 10.1. The van der Waals surface area contributed by atoms with Crippen LogP contribution in [0, 0.1) is 5.82 Å². The maximum atomic E-state index is 13.4. The molecule has 29 heavy (non-hydrogen) atoms. The van der Waals surface area contributed by atoms with Crippen LogP contribution in [0.1, 0.15) is 16.7 Å². The van der Waals surface area contributed by atoms with Crippen molar-refractivity contribution >= 4 is 39.3 Å². The predicted molar refractivity (Wildman–Crippen MR) is 100.0 cm³/mol. The second-order valence-corrected chi connectivity index (χ2v) is 7.95. The van der Waals surface area contributed by atoms with Crippen LogP contribution in [-0.2, 0) is 27.5 Å². The first-order chi connectivity index (χ1) is 13.3. The number of sulfonamides is 1. The Morgan fingerprint density at radius 2 is 1.97 bits per heavy atom. The third-order valence-corrected chi connectivity index (χ3v) is 4.23. The van der Waals surface area contributed by atoms with Crippen LogP contribution in [0.25, 0.3) is 6.08 Å². The summed E-state index contributed by atoms with van der Waals surface area (Å²) in [6.07, 6.45) is -1.18. The minimum Gasteiger partial charge on any atom is -0.348 e. The molecule has 0 aliphatic rings. The minimum absolute atomic E-state index is 0.0550. The summed E-state index contributed by atoms with van der Waals surface area (Å²) in [4.78, 5) is 15.5. The van der Waals surface area contributed by atoms with E-state index in [1.807, 2.05) is 0 Å². The molecule has 1 aromatic carbocycles. The third kappa shape index (κ3) is 7.02. The molecule has 2 rings (SSSR count). The summed E-state index contributed by atoms with van der Waals surface area (Å²) in [5, 5.41) is 1.99. The lowest BCUT2D eigenvalue weighted by Crippen LogP contribution is -2.22. The fourth-order valence-electron chi connectivity index (χ4n) is 2.23. The molecule has 1 heterocycles. The van der Waals surface area contributed by atoms with Crippen molar-refractivity contribution in [2.24, 2.45) is 0 Å². The lowest BCUT2D eigenvalue weighted by Gasteiger charge is -2.11. The average Bonchev–Trinajstić information content (AvgIpc) is 2.59. The van der Waals surface area contributed by atoms with Crippen LogP contribution in [-0.4, -0.2) is 25.6 Å². The topological polar surface area (TPSA) is 88.2 Å². The summed E-state index contributed by atoms with van der Waals surface area (Å²) in [5.41, 5.74) is -1.26. The van der Waals surface area contributed by atoms with Crippen molar-refractivity contribution in [1.29, 1.82) is 0 Å². The van der Waals surface area contributed by atoms with E-state index in [2.05, 4.69) is 15.0 Å². The zero-order valence-electron chi connectivity index (χ0n) is 14.7. The van der Waals surface area contributed by atoms with Gasteiger partial charge in [0.25, 0.3) is 0 Å². The van der Waals surface area contributed by atoms with Crippen LogP contribution in [0.15, 0.2) is 36.5 Å². The largest absolute Gasteiger partial charge is 0.417 e. The monoisotopic (exact) mass is 451 g/mol. The number of carbonyl (C=O) groups is 1. The Morgan fingerprint density at radius 1 is 1.28 bits per heavy atom. The number of rotatable bonds is 6. The van der Waals surface area contributed by atoms with E-state index in [1.54, 1.807) is 0 Å². The zero-order chi connectivity index (χ0) is 21.8. The molecule has 156 valence electrons. The second kappa shape index (κ2) is 8.78. The van der Waals surface area contributed by atoms with Gasteiger partial charge >= 0.3 is 6.18 Å². The molecule has 0 bridgehead atoms. The van der Waals surface area contributed by atoms with Crippen LogP contribution in [0.4, 0.5) is 23.2 Å². The number of aromatic nitrogens is 1. The molecule has 0 unspecified atom stereocenters. The molecular formula is C17H14ClF4N3O3S. The van der Waals surface area contributed by atoms with E-state index in [9.17, 15) is 30.8 Å². The van der Waals surface area contributed by atoms with Gasteiger partial charge in [-0.1, -0.05) is 11.6 Å². The molecule has 6 nitrogen and oxygen atoms in total. The van der Waals surface area contributed by atoms with Gasteiger partial charge in [-0.3, -0.25) is 9.52 Å². The number of hydrogen-bond donors (Lipinski definition) is 2. The molecule has 0 saturated heterocycles. The van der Waals surface area contributed by atoms with Crippen molar-refractivity contribution < 1.29 is 30.8 Å². The van der Waals surface area contributed by atoms with Gasteiger partial charge in [-0.15, -0.1) is 0 Å². The van der Waals surface area contributed by atoms with Gasteiger partial charge in [0.05, 0.1) is 17.5 Å². The summed E-state index contributed by atoms with van der Waals surface area (Å²) in [7, 11) is -3.64. The summed E-state index contributed by atoms with van der Waals surface area (Å²) in [6, 6.07) is 3.87. The Morgan fingerprint density at radius 3 is 2.59 bits per heavy atom. The number of carbonyl (C=O) groups excluding carboxylic acids is 1. The number of hydrogen-bond acceptors (Lipinski definition) is 4. The summed E-state index contributed by atoms with van der Waals surface area (Å²) in [6.45, 7) is -0.274. The van der Waals surface area contributed by atoms with E-state index in [0.717, 1.165) is 36.7 Å². The highest BCUT2D eigenvalue weighted by Crippen LogP contribution is 2.33. The second-order valence-electron chi connectivity index (χ2n) is 5.82. The van der Waals surface area contributed by atoms with Crippen molar-refractivity contribution in [3.05, 3.63) is 64.2 Å². The quantitative estimate of drug-likeness (QED) is 0.399. The van der Waals surface area contributed by atoms with Crippen molar-refractivity contribution in [1.82, 2.24) is 10.3 Å². The summed E-state index contributed by atoms with van der Waals surface area (Å²) >= 11 is 5.48. The van der Waals surface area contributed by atoms with E-state index in [-0.39, 0.29) is 28.5 Å². The lowest BCUT2D eigenvalue weighted by molar-refractivity contribution is -0.137. The molecule has 0 saturated carbocycles. The molecule has 0 radical (unpaired) electrons. The third-order valence-electron chi connectivity index (χ3n) is 3.44. The van der Waals surface area contributed by atoms with Crippen LogP contribution in [0.3, 0.4) is 0 Å². The predicted octanol–water partition coefficient (Wildman–Crippen LogP) is 3.59. The molecule has 0 spiro atoms. The van der Waals surface area contributed by atoms with Gasteiger partial charge in [0.15, 0.2) is 0 Å². The molecular weight excluding hydrogens is 438 g/mol. The average molecular weight is 452 g/mol. The van der Waals surface area contributed by atoms with Crippen molar-refractivity contribution in [2.45, 2.75) is 12.7 Å². The number of halogens is 5. The van der Waals surface area contributed by atoms with Gasteiger partial charge in [-0.2, -0.15) is 13.2 Å². The highest BCUT2D eigenvalue weighted by atomic mass is 35.5. The molecule has 2 N–H and O–H groups in total. The first kappa shape index (κ1) is 22.6. The van der Waals surface area contributed by atoms with Crippen LogP contribution >= 0.6 is 11.6 Å². The number of pyridine rings is 1. The standard InChI is InChI=1S/C17H14ClF4N3O3S/c1-29(27,28)25-14-4-3-12(19)6-11(14)9-24-16(26)5-2-10-8-23-15(18)7-13(10)17(20,21)22/h2-8,25H,9H2,1H3,(H,24,26). The van der Waals surface area contributed by atoms with Gasteiger partial charge in [0, 0.05) is 24.4 Å². The summed E-state index contributed by atoms with van der Waals surface area (Å²) < 4.78 is 77.4. The Bertz CT molecular complexity index is 1060. The van der Waals surface area contributed by atoms with E-state index < -0.39 is 33.5 Å². The van der Waals surface area contributed by atoms with E-state index in [1.165, 1.54) is 6.07 Å². The Kier molecular flexibility index (Phi) is 6.85. The molecule has 0 aliphatic heterocycles. The van der Waals surface area contributed by atoms with Gasteiger partial charge in [0.2, 0.25) is 15.9 Å². The van der Waals surface area contributed by atoms with Crippen molar-refractivity contribution in [3.63, 3.8) is 0 Å². The van der Waals surface area contributed by atoms with Crippen molar-refractivity contribution in [2.75, 3.05) is 11.0 Å². The summed E-state index contributed by atoms with van der Waals surface area (Å²) in [5.74, 6) is -1.45. The molecule has 0 fully saturated rings. The normalized spacial score (nSPS) is 12.2. The first-order valence-electron chi connectivity index (χ1n) is 7.80. The molecule has 12 heteroatoms. The number of nitrogens with zero attached hydrogens (tertiary/aromatic N) is 1. The number of anilines is 1. The number of alkyl halides is 3. The highest BCUT2D eigenvalue weighted by molar-refractivity contribution is 7.92. The molecule has 1 aromatic heterocycles. The molecule has 2 aromatic rings. The van der Waals surface area contributed by atoms with Gasteiger partial charge in [-0.05, 0) is 35.9 Å². The Labute approximate surface area is 168 Å². The molecule has 0 aliphatic carbocycles. The van der Waals surface area contributed by atoms with Crippen molar-refractivity contribution in [3.8, 4) is 0 Å². The first-order valence-corrected chi connectivity index (χ1v) is 10.1. The smallest absolute Gasteiger partial charge is 0.348 e. The number of amides is 1. The van der Waals surface area contributed by atoms with Gasteiger partial charge in [0.1, 0.15) is 11.0 Å². The maximum Gasteiger partial charge on any atom is 0.417 e. The SMILES string of the molecule is CS(=O)(=O)Nc1ccc(F)cc1CNC(=O)C=Cc1cnc(Cl)cc1C(F)(F)F. The number of benzene rings is 1. The van der Waals surface area contributed by atoms with Gasteiger partial charge in [-0.25, -0.2) is 17.8 Å². The molecule has 0 atom stereocenters. The Balaban J connectivity index is 2.15. The molecule has 1 amide bonds. The van der Waals surface area contributed by atoms with E-state index in [0.29, 0.717) is 6.07 Å². The highest BCUT2D eigenvalue weighted by Gasteiger charge is 2.33.